The zero-order valence-corrected chi connectivity index (χ0v) is 11.3. The molecular weight excluding hydrogens is 285 g/mol. The number of hydrazone groups is 1. The number of carbonyl (C=O) groups excluding carboxylic acids is 1. The van der Waals surface area contributed by atoms with Crippen molar-refractivity contribution in [2.24, 2.45) is 5.10 Å². The lowest BCUT2D eigenvalue weighted by Crippen LogP contribution is -2.30. The van der Waals surface area contributed by atoms with E-state index in [1.165, 1.54) is 6.07 Å². The Labute approximate surface area is 125 Å². The second-order valence-corrected chi connectivity index (χ2v) is 4.63. The van der Waals surface area contributed by atoms with Gasteiger partial charge in [0.1, 0.15) is 18.1 Å². The predicted molar refractivity (Wildman–Crippen MR) is 77.6 cm³/mol. The van der Waals surface area contributed by atoms with Gasteiger partial charge in [0, 0.05) is 11.1 Å². The van der Waals surface area contributed by atoms with Crippen LogP contribution in [0.25, 0.3) is 11.1 Å². The molecule has 1 aliphatic rings. The molecule has 0 radical (unpaired) electrons. The summed E-state index contributed by atoms with van der Waals surface area (Å²) in [5.74, 6) is -0.415. The molecule has 0 atom stereocenters. The highest BCUT2D eigenvalue weighted by molar-refractivity contribution is 6.03. The molecule has 0 saturated carbocycles. The maximum atomic E-state index is 14.3. The van der Waals surface area contributed by atoms with Crippen LogP contribution >= 0.6 is 0 Å². The first-order chi connectivity index (χ1) is 10.7. The van der Waals surface area contributed by atoms with E-state index in [4.69, 9.17) is 10.00 Å². The fourth-order valence-corrected chi connectivity index (χ4v) is 2.11. The van der Waals surface area contributed by atoms with Crippen LogP contribution in [0.15, 0.2) is 47.6 Å². The van der Waals surface area contributed by atoms with Crippen molar-refractivity contribution in [2.75, 3.05) is 6.61 Å². The van der Waals surface area contributed by atoms with Gasteiger partial charge in [-0.05, 0) is 23.8 Å². The maximum absolute atomic E-state index is 14.3. The molecule has 5 nitrogen and oxygen atoms in total. The number of ether oxygens (including phenoxy) is 1. The molecule has 108 valence electrons. The van der Waals surface area contributed by atoms with Gasteiger partial charge in [-0.25, -0.2) is 14.6 Å². The molecule has 0 aromatic heterocycles. The predicted octanol–water partition coefficient (Wildman–Crippen LogP) is 2.81. The van der Waals surface area contributed by atoms with Crippen molar-refractivity contribution in [3.05, 3.63) is 59.4 Å². The van der Waals surface area contributed by atoms with E-state index in [0.29, 0.717) is 28.0 Å². The number of halogens is 1. The number of carbonyl (C=O) groups is 1. The Hall–Kier alpha value is -3.20. The van der Waals surface area contributed by atoms with E-state index in [2.05, 4.69) is 10.5 Å². The second kappa shape index (κ2) is 5.66. The lowest BCUT2D eigenvalue weighted by Gasteiger charge is -2.14. The smallest absolute Gasteiger partial charge is 0.428 e. The summed E-state index contributed by atoms with van der Waals surface area (Å²) < 4.78 is 19.1. The SMILES string of the molecule is N#Cc1ccc(-c2ccc(C3=NNC(=O)OC3)cc2F)cc1. The van der Waals surface area contributed by atoms with Crippen molar-refractivity contribution in [2.45, 2.75) is 0 Å². The molecule has 0 saturated heterocycles. The Bertz CT molecular complexity index is 807. The summed E-state index contributed by atoms with van der Waals surface area (Å²) in [6.07, 6.45) is -0.626. The third-order valence-corrected chi connectivity index (χ3v) is 3.25. The van der Waals surface area contributed by atoms with E-state index in [9.17, 15) is 9.18 Å². The average molecular weight is 295 g/mol. The van der Waals surface area contributed by atoms with Crippen LogP contribution in [0, 0.1) is 17.1 Å². The van der Waals surface area contributed by atoms with Crippen molar-refractivity contribution in [1.29, 1.82) is 5.26 Å². The van der Waals surface area contributed by atoms with Crippen molar-refractivity contribution in [1.82, 2.24) is 5.43 Å². The first-order valence-corrected chi connectivity index (χ1v) is 6.47. The quantitative estimate of drug-likeness (QED) is 0.925. The largest absolute Gasteiger partial charge is 0.442 e. The van der Waals surface area contributed by atoms with Crippen LogP contribution in [-0.2, 0) is 4.74 Å². The number of amides is 1. The molecule has 1 heterocycles. The number of cyclic esters (lactones) is 1. The van der Waals surface area contributed by atoms with Gasteiger partial charge in [0.05, 0.1) is 11.6 Å². The Morgan fingerprint density at radius 2 is 1.91 bits per heavy atom. The van der Waals surface area contributed by atoms with Gasteiger partial charge in [0.15, 0.2) is 0 Å². The normalized spacial score (nSPS) is 13.6. The zero-order chi connectivity index (χ0) is 15.5. The van der Waals surface area contributed by atoms with E-state index in [0.717, 1.165) is 0 Å². The molecule has 0 unspecified atom stereocenters. The van der Waals surface area contributed by atoms with E-state index in [1.54, 1.807) is 36.4 Å². The lowest BCUT2D eigenvalue weighted by molar-refractivity contribution is 0.157. The summed E-state index contributed by atoms with van der Waals surface area (Å²) in [5.41, 5.74) is 4.79. The minimum absolute atomic E-state index is 0.00147. The van der Waals surface area contributed by atoms with Gasteiger partial charge in [-0.1, -0.05) is 24.3 Å². The number of rotatable bonds is 2. The van der Waals surface area contributed by atoms with Gasteiger partial charge in [-0.2, -0.15) is 10.4 Å². The average Bonchev–Trinajstić information content (AvgIpc) is 2.56. The molecule has 22 heavy (non-hydrogen) atoms. The van der Waals surface area contributed by atoms with E-state index in [-0.39, 0.29) is 6.61 Å². The third kappa shape index (κ3) is 2.65. The van der Waals surface area contributed by atoms with Crippen LogP contribution in [0.2, 0.25) is 0 Å². The van der Waals surface area contributed by atoms with Crippen LogP contribution in [0.1, 0.15) is 11.1 Å². The third-order valence-electron chi connectivity index (χ3n) is 3.25. The summed E-state index contributed by atoms with van der Waals surface area (Å²) in [4.78, 5) is 10.9. The Morgan fingerprint density at radius 3 is 2.50 bits per heavy atom. The summed E-state index contributed by atoms with van der Waals surface area (Å²) in [6, 6.07) is 13.4. The van der Waals surface area contributed by atoms with Gasteiger partial charge >= 0.3 is 6.09 Å². The first-order valence-electron chi connectivity index (χ1n) is 6.47. The minimum atomic E-state index is -0.626. The van der Waals surface area contributed by atoms with Crippen molar-refractivity contribution >= 4 is 11.8 Å². The Kier molecular flexibility index (Phi) is 3.54. The molecule has 2 aromatic rings. The number of nitrogens with one attached hydrogen (secondary N) is 1. The molecule has 0 spiro atoms. The molecule has 0 aliphatic carbocycles. The summed E-state index contributed by atoms with van der Waals surface area (Å²) in [6.45, 7) is 0.00147. The molecule has 0 bridgehead atoms. The molecule has 1 N–H and O–H groups in total. The van der Waals surface area contributed by atoms with Gasteiger partial charge < -0.3 is 4.74 Å². The molecule has 1 aliphatic heterocycles. The highest BCUT2D eigenvalue weighted by Gasteiger charge is 2.15. The monoisotopic (exact) mass is 295 g/mol. The van der Waals surface area contributed by atoms with Crippen molar-refractivity contribution < 1.29 is 13.9 Å². The number of hydrogen-bond donors (Lipinski definition) is 1. The van der Waals surface area contributed by atoms with Crippen LogP contribution in [0.4, 0.5) is 9.18 Å². The van der Waals surface area contributed by atoms with Crippen LogP contribution in [0.5, 0.6) is 0 Å². The van der Waals surface area contributed by atoms with E-state index in [1.807, 2.05) is 6.07 Å². The minimum Gasteiger partial charge on any atom is -0.442 e. The molecular formula is C16H10FN3O2. The van der Waals surface area contributed by atoms with Crippen molar-refractivity contribution in [3.63, 3.8) is 0 Å². The maximum Gasteiger partial charge on any atom is 0.428 e. The second-order valence-electron chi connectivity index (χ2n) is 4.63. The van der Waals surface area contributed by atoms with Crippen molar-refractivity contribution in [3.8, 4) is 17.2 Å². The summed E-state index contributed by atoms with van der Waals surface area (Å²) in [5, 5.41) is 12.6. The highest BCUT2D eigenvalue weighted by Crippen LogP contribution is 2.24. The fraction of sp³-hybridized carbons (Fsp3) is 0.0625. The number of nitrogens with zero attached hydrogens (tertiary/aromatic N) is 2. The van der Waals surface area contributed by atoms with Gasteiger partial charge in [-0.3, -0.25) is 0 Å². The van der Waals surface area contributed by atoms with Gasteiger partial charge in [-0.15, -0.1) is 0 Å². The molecule has 6 heteroatoms. The summed E-state index contributed by atoms with van der Waals surface area (Å²) >= 11 is 0. The van der Waals surface area contributed by atoms with Crippen LogP contribution in [0.3, 0.4) is 0 Å². The molecule has 2 aromatic carbocycles. The molecule has 1 amide bonds. The number of benzene rings is 2. The van der Waals surface area contributed by atoms with Gasteiger partial charge in [0.25, 0.3) is 0 Å². The zero-order valence-electron chi connectivity index (χ0n) is 11.3. The first kappa shape index (κ1) is 13.8. The van der Waals surface area contributed by atoms with E-state index < -0.39 is 11.9 Å². The number of nitriles is 1. The molecule has 3 rings (SSSR count). The number of hydrogen-bond acceptors (Lipinski definition) is 4. The van der Waals surface area contributed by atoms with Gasteiger partial charge in [0.2, 0.25) is 0 Å². The fourth-order valence-electron chi connectivity index (χ4n) is 2.11. The standard InChI is InChI=1S/C16H10FN3O2/c17-14-7-12(15-9-22-16(21)20-19-15)5-6-13(14)11-3-1-10(8-18)2-4-11/h1-7H,9H2,(H,20,21). The Morgan fingerprint density at radius 1 is 1.18 bits per heavy atom. The Balaban J connectivity index is 1.92. The van der Waals surface area contributed by atoms with E-state index >= 15 is 0 Å². The highest BCUT2D eigenvalue weighted by atomic mass is 19.1. The lowest BCUT2D eigenvalue weighted by atomic mass is 10.0. The molecule has 0 fully saturated rings. The van der Waals surface area contributed by atoms with Crippen LogP contribution < -0.4 is 5.43 Å². The van der Waals surface area contributed by atoms with Crippen LogP contribution in [-0.4, -0.2) is 18.4 Å². The topological polar surface area (TPSA) is 74.5 Å². The summed E-state index contributed by atoms with van der Waals surface area (Å²) in [7, 11) is 0.